The van der Waals surface area contributed by atoms with Crippen LogP contribution in [-0.4, -0.2) is 47.8 Å². The van der Waals surface area contributed by atoms with E-state index in [2.05, 4.69) is 10.2 Å². The van der Waals surface area contributed by atoms with Gasteiger partial charge in [0, 0.05) is 30.3 Å². The van der Waals surface area contributed by atoms with Crippen LogP contribution in [0.2, 0.25) is 0 Å². The molecule has 3 rings (SSSR count). The monoisotopic (exact) mass is 377 g/mol. The predicted molar refractivity (Wildman–Crippen MR) is 92.8 cm³/mol. The molecule has 1 aromatic heterocycles. The van der Waals surface area contributed by atoms with Crippen molar-refractivity contribution in [3.8, 4) is 0 Å². The molecule has 0 aliphatic carbocycles. The molecule has 1 fully saturated rings. The van der Waals surface area contributed by atoms with Gasteiger partial charge < -0.3 is 11.5 Å². The zero-order valence-electron chi connectivity index (χ0n) is 13.9. The van der Waals surface area contributed by atoms with E-state index >= 15 is 0 Å². The quantitative estimate of drug-likeness (QED) is 0.678. The lowest BCUT2D eigenvalue weighted by molar-refractivity contribution is 0.0989. The second-order valence-electron chi connectivity index (χ2n) is 6.17. The maximum atomic E-state index is 12.9. The van der Waals surface area contributed by atoms with Crippen LogP contribution in [0.1, 0.15) is 45.3 Å². The maximum absolute atomic E-state index is 12.9. The van der Waals surface area contributed by atoms with Crippen LogP contribution in [0.15, 0.2) is 35.2 Å². The van der Waals surface area contributed by atoms with Gasteiger partial charge in [0.1, 0.15) is 5.69 Å². The highest BCUT2D eigenvalue weighted by Crippen LogP contribution is 2.29. The topological polar surface area (TPSA) is 152 Å². The summed E-state index contributed by atoms with van der Waals surface area (Å²) in [4.78, 5) is 22.5. The highest BCUT2D eigenvalue weighted by molar-refractivity contribution is 7.89. The summed E-state index contributed by atoms with van der Waals surface area (Å²) in [5.74, 6) is -1.45. The van der Waals surface area contributed by atoms with Crippen LogP contribution in [0, 0.1) is 0 Å². The van der Waals surface area contributed by atoms with Crippen molar-refractivity contribution in [2.24, 2.45) is 11.5 Å². The second kappa shape index (κ2) is 6.89. The lowest BCUT2D eigenvalue weighted by Gasteiger charge is -2.31. The highest BCUT2D eigenvalue weighted by atomic mass is 32.2. The normalized spacial score (nSPS) is 18.5. The van der Waals surface area contributed by atoms with Gasteiger partial charge in [0.2, 0.25) is 15.9 Å². The van der Waals surface area contributed by atoms with Gasteiger partial charge in [-0.3, -0.25) is 14.7 Å². The second-order valence-corrected chi connectivity index (χ2v) is 8.10. The maximum Gasteiger partial charge on any atom is 0.269 e. The van der Waals surface area contributed by atoms with Gasteiger partial charge in [-0.15, -0.1) is 0 Å². The summed E-state index contributed by atoms with van der Waals surface area (Å²) >= 11 is 0. The number of aromatic nitrogens is 2. The number of carbonyl (C=O) groups is 2. The number of nitrogens with zero attached hydrogens (tertiary/aromatic N) is 2. The average molecular weight is 377 g/mol. The van der Waals surface area contributed by atoms with Gasteiger partial charge in [-0.1, -0.05) is 6.07 Å². The fraction of sp³-hybridized carbons (Fsp3) is 0.312. The summed E-state index contributed by atoms with van der Waals surface area (Å²) in [6, 6.07) is 7.23. The molecule has 138 valence electrons. The van der Waals surface area contributed by atoms with E-state index in [1.807, 2.05) is 0 Å². The summed E-state index contributed by atoms with van der Waals surface area (Å²) in [6.45, 7) is 0.611. The van der Waals surface area contributed by atoms with Crippen molar-refractivity contribution < 1.29 is 18.0 Å². The Kier molecular flexibility index (Phi) is 4.79. The molecule has 0 unspecified atom stereocenters. The number of nitrogens with one attached hydrogen (secondary N) is 1. The molecular formula is C16H19N5O4S. The molecule has 9 nitrogen and oxygen atoms in total. The number of hydrogen-bond acceptors (Lipinski definition) is 5. The van der Waals surface area contributed by atoms with E-state index < -0.39 is 21.8 Å². The van der Waals surface area contributed by atoms with Crippen LogP contribution in [-0.2, 0) is 10.0 Å². The van der Waals surface area contributed by atoms with Gasteiger partial charge >= 0.3 is 0 Å². The summed E-state index contributed by atoms with van der Waals surface area (Å²) < 4.78 is 27.2. The van der Waals surface area contributed by atoms with E-state index in [4.69, 9.17) is 11.5 Å². The molecule has 5 N–H and O–H groups in total. The first kappa shape index (κ1) is 18.1. The molecule has 26 heavy (non-hydrogen) atoms. The molecule has 1 aromatic carbocycles. The molecule has 0 radical (unpaired) electrons. The Labute approximate surface area is 150 Å². The van der Waals surface area contributed by atoms with Crippen molar-refractivity contribution in [2.45, 2.75) is 23.7 Å². The standard InChI is InChI=1S/C16H19N5O4S/c17-15(22)10-3-1-5-12(7-10)26(24,25)21-6-2-4-11(9-21)13-8-14(16(18)23)20-19-13/h1,3,5,7-8,11H,2,4,6,9H2,(H2,17,22)(H2,18,23)(H,19,20)/t11-/m0/s1. The first-order valence-corrected chi connectivity index (χ1v) is 9.48. The van der Waals surface area contributed by atoms with Crippen LogP contribution in [0.4, 0.5) is 0 Å². The Balaban J connectivity index is 1.85. The van der Waals surface area contributed by atoms with Gasteiger partial charge in [0.15, 0.2) is 0 Å². The Bertz CT molecular complexity index is 953. The van der Waals surface area contributed by atoms with Crippen molar-refractivity contribution in [1.29, 1.82) is 0 Å². The summed E-state index contributed by atoms with van der Waals surface area (Å²) in [5, 5.41) is 6.61. The molecule has 0 bridgehead atoms. The van der Waals surface area contributed by atoms with Crippen LogP contribution in [0.5, 0.6) is 0 Å². The van der Waals surface area contributed by atoms with Crippen molar-refractivity contribution in [2.75, 3.05) is 13.1 Å². The number of carbonyl (C=O) groups excluding carboxylic acids is 2. The number of amides is 2. The number of H-pyrrole nitrogens is 1. The molecule has 0 spiro atoms. The van der Waals surface area contributed by atoms with Gasteiger partial charge in [-0.25, -0.2) is 8.42 Å². The van der Waals surface area contributed by atoms with Crippen LogP contribution in [0.25, 0.3) is 0 Å². The Morgan fingerprint density at radius 1 is 1.19 bits per heavy atom. The van der Waals surface area contributed by atoms with Crippen molar-refractivity contribution in [3.05, 3.63) is 47.3 Å². The smallest absolute Gasteiger partial charge is 0.269 e. The zero-order chi connectivity index (χ0) is 18.9. The Morgan fingerprint density at radius 2 is 1.96 bits per heavy atom. The third-order valence-corrected chi connectivity index (χ3v) is 6.29. The van der Waals surface area contributed by atoms with Gasteiger partial charge in [0.25, 0.3) is 5.91 Å². The molecular weight excluding hydrogens is 358 g/mol. The average Bonchev–Trinajstić information content (AvgIpc) is 3.12. The molecule has 2 aromatic rings. The first-order chi connectivity index (χ1) is 12.3. The number of sulfonamides is 1. The van der Waals surface area contributed by atoms with E-state index in [0.717, 1.165) is 6.42 Å². The predicted octanol–water partition coefficient (Wildman–Crippen LogP) is 0.176. The third-order valence-electron chi connectivity index (χ3n) is 4.43. The van der Waals surface area contributed by atoms with Crippen molar-refractivity contribution in [1.82, 2.24) is 14.5 Å². The van der Waals surface area contributed by atoms with E-state index in [1.165, 1.54) is 28.6 Å². The lowest BCUT2D eigenvalue weighted by atomic mass is 9.96. The Hall–Kier alpha value is -2.72. The minimum Gasteiger partial charge on any atom is -0.366 e. The number of hydrogen-bond donors (Lipinski definition) is 3. The highest BCUT2D eigenvalue weighted by Gasteiger charge is 2.32. The lowest BCUT2D eigenvalue weighted by Crippen LogP contribution is -2.39. The number of piperidine rings is 1. The SMILES string of the molecule is NC(=O)c1cccc(S(=O)(=O)N2CCC[C@H](c3cc(C(N)=O)n[nH]3)C2)c1. The molecule has 1 saturated heterocycles. The Morgan fingerprint density at radius 3 is 2.62 bits per heavy atom. The molecule has 1 aliphatic rings. The molecule has 10 heteroatoms. The molecule has 2 amide bonds. The van der Waals surface area contributed by atoms with Gasteiger partial charge in [-0.05, 0) is 37.1 Å². The summed E-state index contributed by atoms with van der Waals surface area (Å²) in [5.41, 5.74) is 11.4. The largest absolute Gasteiger partial charge is 0.366 e. The van der Waals surface area contributed by atoms with E-state index in [1.54, 1.807) is 6.07 Å². The first-order valence-electron chi connectivity index (χ1n) is 8.04. The third kappa shape index (κ3) is 3.46. The fourth-order valence-electron chi connectivity index (χ4n) is 3.05. The fourth-order valence-corrected chi connectivity index (χ4v) is 4.62. The van der Waals surface area contributed by atoms with E-state index in [0.29, 0.717) is 18.7 Å². The molecule has 1 atom stereocenters. The number of aromatic amines is 1. The molecule has 1 aliphatic heterocycles. The number of primary amides is 2. The van der Waals surface area contributed by atoms with E-state index in [-0.39, 0.29) is 28.6 Å². The van der Waals surface area contributed by atoms with Crippen LogP contribution < -0.4 is 11.5 Å². The van der Waals surface area contributed by atoms with Crippen molar-refractivity contribution in [3.63, 3.8) is 0 Å². The van der Waals surface area contributed by atoms with Gasteiger partial charge in [0.05, 0.1) is 4.90 Å². The van der Waals surface area contributed by atoms with Crippen molar-refractivity contribution >= 4 is 21.8 Å². The molecule has 2 heterocycles. The summed E-state index contributed by atoms with van der Waals surface area (Å²) in [6.07, 6.45) is 1.41. The minimum absolute atomic E-state index is 0.0249. The summed E-state index contributed by atoms with van der Waals surface area (Å²) in [7, 11) is -3.77. The van der Waals surface area contributed by atoms with E-state index in [9.17, 15) is 18.0 Å². The van der Waals surface area contributed by atoms with Crippen LogP contribution >= 0.6 is 0 Å². The molecule has 0 saturated carbocycles. The van der Waals surface area contributed by atoms with Gasteiger partial charge in [-0.2, -0.15) is 9.40 Å². The number of nitrogens with two attached hydrogens (primary N) is 2. The minimum atomic E-state index is -3.77. The zero-order valence-corrected chi connectivity index (χ0v) is 14.7. The van der Waals surface area contributed by atoms with Crippen LogP contribution in [0.3, 0.4) is 0 Å². The number of benzene rings is 1. The number of rotatable bonds is 5.